The Bertz CT molecular complexity index is 663. The number of thiophene rings is 1. The van der Waals surface area contributed by atoms with E-state index in [9.17, 15) is 4.79 Å². The van der Waals surface area contributed by atoms with Crippen LogP contribution < -0.4 is 11.1 Å². The van der Waals surface area contributed by atoms with E-state index in [1.807, 2.05) is 18.2 Å². The van der Waals surface area contributed by atoms with Gasteiger partial charge in [-0.15, -0.1) is 11.3 Å². The first kappa shape index (κ1) is 13.9. The Morgan fingerprint density at radius 2 is 2.30 bits per heavy atom. The van der Waals surface area contributed by atoms with Crippen molar-refractivity contribution in [2.75, 3.05) is 5.73 Å². The van der Waals surface area contributed by atoms with E-state index in [2.05, 4.69) is 28.2 Å². The summed E-state index contributed by atoms with van der Waals surface area (Å²) in [6.07, 6.45) is 3.68. The van der Waals surface area contributed by atoms with E-state index in [-0.39, 0.29) is 11.9 Å². The highest BCUT2D eigenvalue weighted by Gasteiger charge is 2.25. The van der Waals surface area contributed by atoms with Crippen molar-refractivity contribution >= 4 is 48.9 Å². The van der Waals surface area contributed by atoms with Crippen LogP contribution in [0.15, 0.2) is 22.7 Å². The van der Waals surface area contributed by atoms with E-state index in [1.54, 1.807) is 0 Å². The molecule has 3 N–H and O–H groups in total. The second kappa shape index (κ2) is 5.37. The average molecular weight is 353 g/mol. The fourth-order valence-electron chi connectivity index (χ4n) is 2.46. The summed E-state index contributed by atoms with van der Waals surface area (Å²) in [5.74, 6) is 0.758. The zero-order valence-electron chi connectivity index (χ0n) is 11.3. The maximum Gasteiger partial charge on any atom is 0.263 e. The summed E-state index contributed by atoms with van der Waals surface area (Å²) < 4.78 is 2.04. The highest BCUT2D eigenvalue weighted by atomic mass is 79.9. The quantitative estimate of drug-likeness (QED) is 0.867. The molecule has 0 saturated heterocycles. The molecule has 1 atom stereocenters. The van der Waals surface area contributed by atoms with Gasteiger partial charge in [-0.25, -0.2) is 0 Å². The molecule has 1 aromatic heterocycles. The molecule has 3 nitrogen and oxygen atoms in total. The van der Waals surface area contributed by atoms with Crippen molar-refractivity contribution in [3.05, 3.63) is 27.5 Å². The molecule has 1 saturated carbocycles. The van der Waals surface area contributed by atoms with Crippen LogP contribution >= 0.6 is 27.3 Å². The number of amides is 1. The maximum absolute atomic E-state index is 12.3. The highest BCUT2D eigenvalue weighted by Crippen LogP contribution is 2.36. The van der Waals surface area contributed by atoms with E-state index in [1.165, 1.54) is 24.2 Å². The zero-order valence-corrected chi connectivity index (χ0v) is 13.7. The number of hydrogen-bond donors (Lipinski definition) is 2. The SMILES string of the molecule is CC(CC1CC1)NC(=O)c1sc2cc(Br)ccc2c1N. The number of carbonyl (C=O) groups excluding carboxylic acids is 1. The van der Waals surface area contributed by atoms with Crippen LogP contribution in [0.5, 0.6) is 0 Å². The molecule has 0 spiro atoms. The number of carbonyl (C=O) groups is 1. The smallest absolute Gasteiger partial charge is 0.263 e. The van der Waals surface area contributed by atoms with E-state index in [4.69, 9.17) is 5.73 Å². The molecule has 1 aliphatic carbocycles. The largest absolute Gasteiger partial charge is 0.397 e. The summed E-state index contributed by atoms with van der Waals surface area (Å²) in [6, 6.07) is 6.12. The van der Waals surface area contributed by atoms with Crippen LogP contribution in [0.25, 0.3) is 10.1 Å². The number of halogens is 1. The van der Waals surface area contributed by atoms with Crippen LogP contribution in [0, 0.1) is 5.92 Å². The van der Waals surface area contributed by atoms with Crippen LogP contribution in [-0.2, 0) is 0 Å². The van der Waals surface area contributed by atoms with Crippen molar-refractivity contribution in [2.45, 2.75) is 32.2 Å². The topological polar surface area (TPSA) is 55.1 Å². The molecule has 1 aromatic carbocycles. The Kier molecular flexibility index (Phi) is 3.73. The summed E-state index contributed by atoms with van der Waals surface area (Å²) in [7, 11) is 0. The maximum atomic E-state index is 12.3. The van der Waals surface area contributed by atoms with Gasteiger partial charge in [-0.05, 0) is 31.4 Å². The molecule has 0 radical (unpaired) electrons. The average Bonchev–Trinajstić information content (AvgIpc) is 3.12. The summed E-state index contributed by atoms with van der Waals surface area (Å²) in [5, 5.41) is 4.02. The molecule has 2 aromatic rings. The molecule has 3 rings (SSSR count). The van der Waals surface area contributed by atoms with Crippen LogP contribution in [-0.4, -0.2) is 11.9 Å². The van der Waals surface area contributed by atoms with Crippen LogP contribution in [0.2, 0.25) is 0 Å². The summed E-state index contributed by atoms with van der Waals surface area (Å²) in [6.45, 7) is 2.07. The minimum atomic E-state index is -0.0482. The minimum absolute atomic E-state index is 0.0482. The summed E-state index contributed by atoms with van der Waals surface area (Å²) in [5.41, 5.74) is 6.70. The van der Waals surface area contributed by atoms with Gasteiger partial charge in [0.05, 0.1) is 5.69 Å². The highest BCUT2D eigenvalue weighted by molar-refractivity contribution is 9.10. The monoisotopic (exact) mass is 352 g/mol. The van der Waals surface area contributed by atoms with Gasteiger partial charge < -0.3 is 11.1 Å². The first-order valence-electron chi connectivity index (χ1n) is 6.83. The van der Waals surface area contributed by atoms with Crippen molar-refractivity contribution in [1.29, 1.82) is 0 Å². The number of nitrogens with one attached hydrogen (secondary N) is 1. The number of hydrogen-bond acceptors (Lipinski definition) is 3. The third-order valence-electron chi connectivity index (χ3n) is 3.66. The lowest BCUT2D eigenvalue weighted by atomic mass is 10.1. The molecule has 5 heteroatoms. The molecule has 1 aliphatic rings. The van der Waals surface area contributed by atoms with Crippen molar-refractivity contribution < 1.29 is 4.79 Å². The normalized spacial score (nSPS) is 16.3. The fourth-order valence-corrected chi connectivity index (χ4v) is 4.04. The third-order valence-corrected chi connectivity index (χ3v) is 5.32. The fraction of sp³-hybridized carbons (Fsp3) is 0.400. The molecule has 1 amide bonds. The van der Waals surface area contributed by atoms with Crippen molar-refractivity contribution in [3.63, 3.8) is 0 Å². The number of benzene rings is 1. The lowest BCUT2D eigenvalue weighted by molar-refractivity contribution is 0.0942. The zero-order chi connectivity index (χ0) is 14.3. The Hall–Kier alpha value is -1.07. The standard InChI is InChI=1S/C15H17BrN2OS/c1-8(6-9-2-3-9)18-15(19)14-13(17)11-5-4-10(16)7-12(11)20-14/h4-5,7-9H,2-3,6,17H2,1H3,(H,18,19). The van der Waals surface area contributed by atoms with Gasteiger partial charge in [0.1, 0.15) is 4.88 Å². The predicted octanol–water partition coefficient (Wildman–Crippen LogP) is 4.16. The Morgan fingerprint density at radius 1 is 1.55 bits per heavy atom. The summed E-state index contributed by atoms with van der Waals surface area (Å²) >= 11 is 4.90. The van der Waals surface area contributed by atoms with Gasteiger partial charge in [0.15, 0.2) is 0 Å². The van der Waals surface area contributed by atoms with Crippen molar-refractivity contribution in [3.8, 4) is 0 Å². The second-order valence-electron chi connectivity index (χ2n) is 5.54. The first-order chi connectivity index (χ1) is 9.54. The van der Waals surface area contributed by atoms with Crippen LogP contribution in [0.1, 0.15) is 35.9 Å². The first-order valence-corrected chi connectivity index (χ1v) is 8.44. The van der Waals surface area contributed by atoms with E-state index < -0.39 is 0 Å². The van der Waals surface area contributed by atoms with Gasteiger partial charge >= 0.3 is 0 Å². The summed E-state index contributed by atoms with van der Waals surface area (Å²) in [4.78, 5) is 13.0. The van der Waals surface area contributed by atoms with Gasteiger partial charge in [0.2, 0.25) is 0 Å². The molecular weight excluding hydrogens is 336 g/mol. The van der Waals surface area contributed by atoms with Gasteiger partial charge in [-0.3, -0.25) is 4.79 Å². The predicted molar refractivity (Wildman–Crippen MR) is 88.2 cm³/mol. The lowest BCUT2D eigenvalue weighted by Gasteiger charge is -2.12. The Balaban J connectivity index is 1.81. The van der Waals surface area contributed by atoms with Gasteiger partial charge in [0, 0.05) is 20.6 Å². The number of anilines is 1. The van der Waals surface area contributed by atoms with Crippen LogP contribution in [0.4, 0.5) is 5.69 Å². The second-order valence-corrected chi connectivity index (χ2v) is 7.51. The molecule has 1 fully saturated rings. The Morgan fingerprint density at radius 3 is 3.00 bits per heavy atom. The lowest BCUT2D eigenvalue weighted by Crippen LogP contribution is -2.32. The molecule has 0 aliphatic heterocycles. The van der Waals surface area contributed by atoms with Crippen LogP contribution in [0.3, 0.4) is 0 Å². The van der Waals surface area contributed by atoms with Crippen molar-refractivity contribution in [2.24, 2.45) is 5.92 Å². The molecule has 0 bridgehead atoms. The van der Waals surface area contributed by atoms with E-state index in [0.717, 1.165) is 26.9 Å². The number of fused-ring (bicyclic) bond motifs is 1. The number of nitrogens with two attached hydrogens (primary N) is 1. The van der Waals surface area contributed by atoms with Gasteiger partial charge in [-0.2, -0.15) is 0 Å². The van der Waals surface area contributed by atoms with E-state index in [0.29, 0.717) is 10.6 Å². The molecule has 20 heavy (non-hydrogen) atoms. The third kappa shape index (κ3) is 2.83. The molecule has 1 unspecified atom stereocenters. The van der Waals surface area contributed by atoms with Gasteiger partial charge in [-0.1, -0.05) is 34.8 Å². The number of rotatable bonds is 4. The number of nitrogen functional groups attached to an aromatic ring is 1. The molecular formula is C15H17BrN2OS. The van der Waals surface area contributed by atoms with E-state index >= 15 is 0 Å². The van der Waals surface area contributed by atoms with Crippen molar-refractivity contribution in [1.82, 2.24) is 5.32 Å². The minimum Gasteiger partial charge on any atom is -0.397 e. The molecule has 1 heterocycles. The Labute approximate surface area is 130 Å². The van der Waals surface area contributed by atoms with Gasteiger partial charge in [0.25, 0.3) is 5.91 Å². The molecule has 106 valence electrons.